The highest BCUT2D eigenvalue weighted by atomic mass is 32.1. The Morgan fingerprint density at radius 1 is 0.404 bits per heavy atom. The van der Waals surface area contributed by atoms with E-state index in [1.807, 2.05) is 11.3 Å². The molecular formula is C45H31NS. The number of anilines is 3. The standard InChI is InChI=1S/C45H31NS/c1-45(2)41-13-7-5-11-36(41)37-23-19-32(27-42(37)45)46(31-20-24-44-40(26-31)38-12-6-8-14-43(38)47-44)30-18-15-29-17-21-34-33-10-4-3-9-28(33)16-22-35(34)39(29)25-30/h3-27H,1-2H3. The Hall–Kier alpha value is -5.44. The molecule has 47 heavy (non-hydrogen) atoms. The first kappa shape index (κ1) is 26.7. The van der Waals surface area contributed by atoms with Crippen LogP contribution in [0.5, 0.6) is 0 Å². The average molecular weight is 618 g/mol. The zero-order chi connectivity index (χ0) is 31.3. The van der Waals surface area contributed by atoms with Crippen LogP contribution in [0.4, 0.5) is 17.1 Å². The van der Waals surface area contributed by atoms with Crippen molar-refractivity contribution in [3.63, 3.8) is 0 Å². The van der Waals surface area contributed by atoms with Crippen LogP contribution in [0.3, 0.4) is 0 Å². The van der Waals surface area contributed by atoms with E-state index in [-0.39, 0.29) is 5.41 Å². The summed E-state index contributed by atoms with van der Waals surface area (Å²) >= 11 is 1.87. The number of fused-ring (bicyclic) bond motifs is 11. The summed E-state index contributed by atoms with van der Waals surface area (Å²) < 4.78 is 2.64. The van der Waals surface area contributed by atoms with Crippen LogP contribution in [-0.4, -0.2) is 0 Å². The smallest absolute Gasteiger partial charge is 0.0468 e. The molecule has 0 radical (unpaired) electrons. The quantitative estimate of drug-likeness (QED) is 0.178. The average Bonchev–Trinajstić information content (AvgIpc) is 3.60. The highest BCUT2D eigenvalue weighted by Crippen LogP contribution is 2.51. The van der Waals surface area contributed by atoms with Crippen LogP contribution < -0.4 is 4.90 Å². The summed E-state index contributed by atoms with van der Waals surface area (Å²) in [6, 6.07) is 56.5. The fraction of sp³-hybridized carbons (Fsp3) is 0.0667. The first-order valence-electron chi connectivity index (χ1n) is 16.3. The summed E-state index contributed by atoms with van der Waals surface area (Å²) in [7, 11) is 0. The molecule has 222 valence electrons. The first-order valence-corrected chi connectivity index (χ1v) is 17.2. The van der Waals surface area contributed by atoms with Gasteiger partial charge in [0.25, 0.3) is 0 Å². The van der Waals surface area contributed by atoms with E-state index < -0.39 is 0 Å². The molecule has 2 heteroatoms. The van der Waals surface area contributed by atoms with Crippen molar-refractivity contribution in [3.05, 3.63) is 163 Å². The van der Waals surface area contributed by atoms with Crippen LogP contribution in [0, 0.1) is 0 Å². The minimum atomic E-state index is -0.0816. The molecule has 1 aromatic heterocycles. The van der Waals surface area contributed by atoms with E-state index >= 15 is 0 Å². The lowest BCUT2D eigenvalue weighted by Crippen LogP contribution is -2.16. The van der Waals surface area contributed by atoms with Gasteiger partial charge in [0.05, 0.1) is 0 Å². The van der Waals surface area contributed by atoms with E-state index in [0.717, 1.165) is 5.69 Å². The van der Waals surface area contributed by atoms with Gasteiger partial charge in [-0.2, -0.15) is 0 Å². The Labute approximate surface area is 278 Å². The SMILES string of the molecule is CC1(C)c2ccccc2-c2ccc(N(c3ccc4ccc5c6ccccc6ccc5c4c3)c3ccc4sc5ccccc5c4c3)cc21. The number of benzene rings is 8. The third-order valence-electron chi connectivity index (χ3n) is 10.4. The summed E-state index contributed by atoms with van der Waals surface area (Å²) in [5, 5.41) is 10.3. The lowest BCUT2D eigenvalue weighted by atomic mass is 9.82. The summed E-state index contributed by atoms with van der Waals surface area (Å²) in [6.07, 6.45) is 0. The maximum absolute atomic E-state index is 2.46. The first-order chi connectivity index (χ1) is 23.0. The molecule has 0 saturated heterocycles. The molecular weight excluding hydrogens is 587 g/mol. The Kier molecular flexibility index (Phi) is 5.57. The Morgan fingerprint density at radius 2 is 0.979 bits per heavy atom. The number of thiophene rings is 1. The van der Waals surface area contributed by atoms with Crippen molar-refractivity contribution >= 4 is 80.9 Å². The van der Waals surface area contributed by atoms with Crippen LogP contribution in [0.15, 0.2) is 152 Å². The Morgan fingerprint density at radius 3 is 1.85 bits per heavy atom. The van der Waals surface area contributed by atoms with Crippen LogP contribution in [0.25, 0.3) is 63.6 Å². The maximum Gasteiger partial charge on any atom is 0.0468 e. The minimum Gasteiger partial charge on any atom is -0.310 e. The van der Waals surface area contributed by atoms with Gasteiger partial charge in [-0.15, -0.1) is 11.3 Å². The van der Waals surface area contributed by atoms with E-state index in [1.165, 1.54) is 86.1 Å². The zero-order valence-corrected chi connectivity index (χ0v) is 27.1. The molecule has 0 unspecified atom stereocenters. The molecule has 0 aliphatic heterocycles. The van der Waals surface area contributed by atoms with Crippen molar-refractivity contribution in [2.75, 3.05) is 4.90 Å². The molecule has 0 saturated carbocycles. The van der Waals surface area contributed by atoms with Gasteiger partial charge in [-0.3, -0.25) is 0 Å². The molecule has 0 spiro atoms. The predicted octanol–water partition coefficient (Wildman–Crippen LogP) is 13.3. The van der Waals surface area contributed by atoms with Crippen LogP contribution in [0.2, 0.25) is 0 Å². The second-order valence-electron chi connectivity index (χ2n) is 13.4. The Balaban J connectivity index is 1.23. The largest absolute Gasteiger partial charge is 0.310 e. The maximum atomic E-state index is 2.46. The van der Waals surface area contributed by atoms with Crippen molar-refractivity contribution in [1.29, 1.82) is 0 Å². The van der Waals surface area contributed by atoms with Crippen LogP contribution in [0.1, 0.15) is 25.0 Å². The van der Waals surface area contributed by atoms with Crippen LogP contribution >= 0.6 is 11.3 Å². The summed E-state index contributed by atoms with van der Waals surface area (Å²) in [5.41, 5.74) is 8.88. The van der Waals surface area contributed by atoms with E-state index in [9.17, 15) is 0 Å². The predicted molar refractivity (Wildman–Crippen MR) is 204 cm³/mol. The summed E-state index contributed by atoms with van der Waals surface area (Å²) in [6.45, 7) is 4.73. The lowest BCUT2D eigenvalue weighted by Gasteiger charge is -2.28. The molecule has 0 amide bonds. The van der Waals surface area contributed by atoms with Gasteiger partial charge >= 0.3 is 0 Å². The number of nitrogens with zero attached hydrogens (tertiary/aromatic N) is 1. The molecule has 1 aliphatic carbocycles. The molecule has 1 nitrogen and oxygen atoms in total. The van der Waals surface area contributed by atoms with Gasteiger partial charge in [-0.05, 0) is 103 Å². The Bertz CT molecular complexity index is 2730. The highest BCUT2D eigenvalue weighted by Gasteiger charge is 2.35. The van der Waals surface area contributed by atoms with Gasteiger partial charge in [0.15, 0.2) is 0 Å². The molecule has 10 rings (SSSR count). The van der Waals surface area contributed by atoms with E-state index in [0.29, 0.717) is 0 Å². The molecule has 8 aromatic carbocycles. The molecule has 0 bridgehead atoms. The van der Waals surface area contributed by atoms with Gasteiger partial charge in [-0.25, -0.2) is 0 Å². The van der Waals surface area contributed by atoms with Crippen molar-refractivity contribution < 1.29 is 0 Å². The van der Waals surface area contributed by atoms with E-state index in [2.05, 4.69) is 170 Å². The molecule has 0 N–H and O–H groups in total. The third kappa shape index (κ3) is 3.89. The van der Waals surface area contributed by atoms with Gasteiger partial charge in [0.1, 0.15) is 0 Å². The normalized spacial score (nSPS) is 13.5. The number of rotatable bonds is 3. The van der Waals surface area contributed by atoms with Crippen molar-refractivity contribution in [2.24, 2.45) is 0 Å². The fourth-order valence-corrected chi connectivity index (χ4v) is 9.16. The van der Waals surface area contributed by atoms with E-state index in [1.54, 1.807) is 0 Å². The van der Waals surface area contributed by atoms with Gasteiger partial charge in [0, 0.05) is 42.6 Å². The second kappa shape index (κ2) is 9.78. The minimum absolute atomic E-state index is 0.0816. The molecule has 0 fully saturated rings. The zero-order valence-electron chi connectivity index (χ0n) is 26.3. The number of hydrogen-bond acceptors (Lipinski definition) is 2. The lowest BCUT2D eigenvalue weighted by molar-refractivity contribution is 0.660. The highest BCUT2D eigenvalue weighted by molar-refractivity contribution is 7.25. The second-order valence-corrected chi connectivity index (χ2v) is 14.5. The van der Waals surface area contributed by atoms with Gasteiger partial charge in [-0.1, -0.05) is 117 Å². The molecule has 1 heterocycles. The molecule has 9 aromatic rings. The van der Waals surface area contributed by atoms with E-state index in [4.69, 9.17) is 0 Å². The fourth-order valence-electron chi connectivity index (χ4n) is 8.08. The third-order valence-corrected chi connectivity index (χ3v) is 11.6. The topological polar surface area (TPSA) is 3.24 Å². The van der Waals surface area contributed by atoms with Crippen LogP contribution in [-0.2, 0) is 5.41 Å². The van der Waals surface area contributed by atoms with Crippen molar-refractivity contribution in [2.45, 2.75) is 19.3 Å². The monoisotopic (exact) mass is 617 g/mol. The molecule has 1 aliphatic rings. The van der Waals surface area contributed by atoms with Gasteiger partial charge in [0.2, 0.25) is 0 Å². The summed E-state index contributed by atoms with van der Waals surface area (Å²) in [5.74, 6) is 0. The van der Waals surface area contributed by atoms with Gasteiger partial charge < -0.3 is 4.90 Å². The summed E-state index contributed by atoms with van der Waals surface area (Å²) in [4.78, 5) is 2.46. The van der Waals surface area contributed by atoms with Crippen molar-refractivity contribution in [3.8, 4) is 11.1 Å². The molecule has 0 atom stereocenters. The van der Waals surface area contributed by atoms with Crippen molar-refractivity contribution in [1.82, 2.24) is 0 Å². The number of hydrogen-bond donors (Lipinski definition) is 0.